The predicted molar refractivity (Wildman–Crippen MR) is 50.6 cm³/mol. The molecule has 2 N–H and O–H groups in total. The highest BCUT2D eigenvalue weighted by Crippen LogP contribution is 2.32. The van der Waals surface area contributed by atoms with Gasteiger partial charge in [-0.3, -0.25) is 10.1 Å². The molecule has 88 valence electrons. The van der Waals surface area contributed by atoms with Gasteiger partial charge in [-0.15, -0.1) is 0 Å². The molecule has 0 aliphatic carbocycles. The number of hydrogen-bond acceptors (Lipinski definition) is 3. The zero-order valence-electron chi connectivity index (χ0n) is 8.28. The number of nitrogens with two attached hydrogens (primary N) is 1. The van der Waals surface area contributed by atoms with E-state index < -0.39 is 34.0 Å². The number of halogens is 3. The fourth-order valence-corrected chi connectivity index (χ4v) is 1.22. The molecular weight excluding hydrogens is 225 g/mol. The number of nitrogens with zero attached hydrogens (tertiary/aromatic N) is 1. The summed E-state index contributed by atoms with van der Waals surface area (Å²) in [5, 5.41) is 10.6. The van der Waals surface area contributed by atoms with Crippen LogP contribution in [0.15, 0.2) is 18.2 Å². The maximum atomic E-state index is 12.9. The Morgan fingerprint density at radius 2 is 2.06 bits per heavy atom. The van der Waals surface area contributed by atoms with Gasteiger partial charge >= 0.3 is 0 Å². The van der Waals surface area contributed by atoms with E-state index in [4.69, 9.17) is 5.73 Å². The highest BCUT2D eigenvalue weighted by Gasteiger charge is 2.38. The SMILES string of the molecule is CC(N)(c1cc(F)ccc1[N+](=O)[O-])C(F)F. The highest BCUT2D eigenvalue weighted by atomic mass is 19.3. The first-order chi connectivity index (χ1) is 7.26. The van der Waals surface area contributed by atoms with Crippen LogP contribution in [0, 0.1) is 15.9 Å². The summed E-state index contributed by atoms with van der Waals surface area (Å²) < 4.78 is 38.1. The molecule has 0 heterocycles. The lowest BCUT2D eigenvalue weighted by Gasteiger charge is -2.23. The van der Waals surface area contributed by atoms with E-state index in [0.29, 0.717) is 6.07 Å². The largest absolute Gasteiger partial charge is 0.317 e. The third kappa shape index (κ3) is 2.13. The molecule has 7 heteroatoms. The Kier molecular flexibility index (Phi) is 3.18. The Morgan fingerprint density at radius 3 is 2.50 bits per heavy atom. The fourth-order valence-electron chi connectivity index (χ4n) is 1.22. The molecule has 0 radical (unpaired) electrons. The van der Waals surface area contributed by atoms with Gasteiger partial charge in [-0.05, 0) is 19.1 Å². The summed E-state index contributed by atoms with van der Waals surface area (Å²) in [5.74, 6) is -0.849. The summed E-state index contributed by atoms with van der Waals surface area (Å²) in [7, 11) is 0. The van der Waals surface area contributed by atoms with E-state index in [-0.39, 0.29) is 0 Å². The van der Waals surface area contributed by atoms with E-state index in [9.17, 15) is 23.3 Å². The second-order valence-electron chi connectivity index (χ2n) is 3.50. The van der Waals surface area contributed by atoms with Crippen LogP contribution in [0.5, 0.6) is 0 Å². The van der Waals surface area contributed by atoms with Gasteiger partial charge in [-0.25, -0.2) is 13.2 Å². The van der Waals surface area contributed by atoms with Crippen molar-refractivity contribution in [3.63, 3.8) is 0 Å². The van der Waals surface area contributed by atoms with Gasteiger partial charge in [0.1, 0.15) is 11.4 Å². The number of nitro benzene ring substituents is 1. The fraction of sp³-hybridized carbons (Fsp3) is 0.333. The first-order valence-corrected chi connectivity index (χ1v) is 4.28. The Bertz CT molecular complexity index is 421. The minimum atomic E-state index is -3.03. The lowest BCUT2D eigenvalue weighted by atomic mass is 9.92. The molecule has 1 aromatic rings. The standard InChI is InChI=1S/C9H9F3N2O2/c1-9(13,8(11)12)6-4-5(10)2-3-7(6)14(15)16/h2-4,8H,13H2,1H3. The average molecular weight is 234 g/mol. The van der Waals surface area contributed by atoms with Crippen LogP contribution in [-0.2, 0) is 5.54 Å². The van der Waals surface area contributed by atoms with Crippen LogP contribution in [0.25, 0.3) is 0 Å². The van der Waals surface area contributed by atoms with Crippen molar-refractivity contribution in [3.05, 3.63) is 39.7 Å². The Hall–Kier alpha value is -1.63. The molecule has 1 atom stereocenters. The molecule has 0 saturated heterocycles. The molecule has 0 aliphatic heterocycles. The van der Waals surface area contributed by atoms with Crippen molar-refractivity contribution in [2.75, 3.05) is 0 Å². The van der Waals surface area contributed by atoms with Crippen molar-refractivity contribution < 1.29 is 18.1 Å². The van der Waals surface area contributed by atoms with Crippen molar-refractivity contribution in [3.8, 4) is 0 Å². The van der Waals surface area contributed by atoms with E-state index >= 15 is 0 Å². The van der Waals surface area contributed by atoms with Crippen LogP contribution in [0.4, 0.5) is 18.9 Å². The van der Waals surface area contributed by atoms with Gasteiger partial charge in [0.2, 0.25) is 0 Å². The summed E-state index contributed by atoms with van der Waals surface area (Å²) in [6.07, 6.45) is -3.03. The van der Waals surface area contributed by atoms with Gasteiger partial charge in [-0.1, -0.05) is 0 Å². The third-order valence-corrected chi connectivity index (χ3v) is 2.19. The summed E-state index contributed by atoms with van der Waals surface area (Å²) in [6.45, 7) is 0.916. The Balaban J connectivity index is 3.41. The second kappa shape index (κ2) is 4.09. The molecule has 1 rings (SSSR count). The number of rotatable bonds is 3. The average Bonchev–Trinajstić information content (AvgIpc) is 2.16. The number of nitro groups is 1. The van der Waals surface area contributed by atoms with Crippen LogP contribution in [-0.4, -0.2) is 11.3 Å². The van der Waals surface area contributed by atoms with Crippen LogP contribution >= 0.6 is 0 Å². The van der Waals surface area contributed by atoms with Gasteiger partial charge in [0.05, 0.1) is 10.5 Å². The van der Waals surface area contributed by atoms with Gasteiger partial charge < -0.3 is 5.73 Å². The van der Waals surface area contributed by atoms with E-state index in [1.807, 2.05) is 0 Å². The predicted octanol–water partition coefficient (Wildman–Crippen LogP) is 2.17. The molecule has 0 saturated carbocycles. The van der Waals surface area contributed by atoms with Gasteiger partial charge in [0.25, 0.3) is 12.1 Å². The molecule has 0 aliphatic rings. The second-order valence-corrected chi connectivity index (χ2v) is 3.50. The highest BCUT2D eigenvalue weighted by molar-refractivity contribution is 5.45. The smallest absolute Gasteiger partial charge is 0.274 e. The van der Waals surface area contributed by atoms with E-state index in [1.165, 1.54) is 0 Å². The molecule has 0 aromatic heterocycles. The molecule has 0 bridgehead atoms. The van der Waals surface area contributed by atoms with Crippen molar-refractivity contribution >= 4 is 5.69 Å². The summed E-state index contributed by atoms with van der Waals surface area (Å²) in [4.78, 5) is 9.71. The van der Waals surface area contributed by atoms with Gasteiger partial charge in [0, 0.05) is 6.07 Å². The van der Waals surface area contributed by atoms with Crippen molar-refractivity contribution in [2.45, 2.75) is 18.9 Å². The molecule has 1 aromatic carbocycles. The minimum absolute atomic E-state index is 0.521. The Labute approximate surface area is 89.0 Å². The van der Waals surface area contributed by atoms with E-state index in [0.717, 1.165) is 19.1 Å². The molecular formula is C9H9F3N2O2. The van der Waals surface area contributed by atoms with E-state index in [1.54, 1.807) is 0 Å². The quantitative estimate of drug-likeness (QED) is 0.643. The molecule has 16 heavy (non-hydrogen) atoms. The summed E-state index contributed by atoms with van der Waals surface area (Å²) in [6, 6.07) is 2.30. The maximum Gasteiger partial charge on any atom is 0.274 e. The number of hydrogen-bond donors (Lipinski definition) is 1. The van der Waals surface area contributed by atoms with Crippen molar-refractivity contribution in [1.29, 1.82) is 0 Å². The molecule has 1 unspecified atom stereocenters. The minimum Gasteiger partial charge on any atom is -0.317 e. The van der Waals surface area contributed by atoms with Gasteiger partial charge in [0.15, 0.2) is 0 Å². The first-order valence-electron chi connectivity index (χ1n) is 4.28. The summed E-state index contributed by atoms with van der Waals surface area (Å²) in [5.41, 5.74) is 1.87. The summed E-state index contributed by atoms with van der Waals surface area (Å²) >= 11 is 0. The normalized spacial score (nSPS) is 14.9. The number of benzene rings is 1. The van der Waals surface area contributed by atoms with Crippen molar-refractivity contribution in [1.82, 2.24) is 0 Å². The molecule has 0 fully saturated rings. The molecule has 0 amide bonds. The lowest BCUT2D eigenvalue weighted by Crippen LogP contribution is -2.41. The van der Waals surface area contributed by atoms with Crippen LogP contribution < -0.4 is 5.73 Å². The van der Waals surface area contributed by atoms with Crippen LogP contribution in [0.2, 0.25) is 0 Å². The van der Waals surface area contributed by atoms with Crippen LogP contribution in [0.3, 0.4) is 0 Å². The maximum absolute atomic E-state index is 12.9. The zero-order chi connectivity index (χ0) is 12.5. The Morgan fingerprint density at radius 1 is 1.50 bits per heavy atom. The lowest BCUT2D eigenvalue weighted by molar-refractivity contribution is -0.386. The topological polar surface area (TPSA) is 69.2 Å². The third-order valence-electron chi connectivity index (χ3n) is 2.19. The first kappa shape index (κ1) is 12.4. The monoisotopic (exact) mass is 234 g/mol. The zero-order valence-corrected chi connectivity index (χ0v) is 8.28. The van der Waals surface area contributed by atoms with E-state index in [2.05, 4.69) is 0 Å². The van der Waals surface area contributed by atoms with Gasteiger partial charge in [-0.2, -0.15) is 0 Å². The number of alkyl halides is 2. The van der Waals surface area contributed by atoms with Crippen molar-refractivity contribution in [2.24, 2.45) is 5.73 Å². The van der Waals surface area contributed by atoms with Crippen LogP contribution in [0.1, 0.15) is 12.5 Å². The molecule has 4 nitrogen and oxygen atoms in total. The molecule has 0 spiro atoms.